The van der Waals surface area contributed by atoms with Gasteiger partial charge in [-0.1, -0.05) is 13.3 Å². The van der Waals surface area contributed by atoms with Gasteiger partial charge >= 0.3 is 0 Å². The third-order valence-electron chi connectivity index (χ3n) is 5.88. The van der Waals surface area contributed by atoms with Crippen molar-refractivity contribution < 1.29 is 9.90 Å². The molecule has 2 N–H and O–H groups in total. The van der Waals surface area contributed by atoms with Crippen LogP contribution in [0.15, 0.2) is 0 Å². The molecular formula is C19H32N4O2. The van der Waals surface area contributed by atoms with Crippen molar-refractivity contribution in [3.8, 4) is 0 Å². The maximum atomic E-state index is 12.3. The first-order chi connectivity index (χ1) is 12.0. The number of aliphatic hydroxyl groups excluding tert-OH is 1. The van der Waals surface area contributed by atoms with Crippen LogP contribution in [-0.2, 0) is 17.9 Å². The van der Waals surface area contributed by atoms with Gasteiger partial charge in [-0.2, -0.15) is 5.10 Å². The van der Waals surface area contributed by atoms with Crippen LogP contribution in [-0.4, -0.2) is 51.4 Å². The van der Waals surface area contributed by atoms with Crippen LogP contribution in [0.5, 0.6) is 0 Å². The van der Waals surface area contributed by atoms with E-state index in [4.69, 9.17) is 5.11 Å². The Balaban J connectivity index is 1.58. The largest absolute Gasteiger partial charge is 0.394 e. The molecule has 2 heterocycles. The molecule has 6 nitrogen and oxygen atoms in total. The molecule has 140 valence electrons. The normalized spacial score (nSPS) is 23.9. The third kappa shape index (κ3) is 4.06. The number of aromatic nitrogens is 2. The summed E-state index contributed by atoms with van der Waals surface area (Å²) in [4.78, 5) is 14.4. The molecule has 1 saturated carbocycles. The Bertz CT molecular complexity index is 609. The second kappa shape index (κ2) is 7.87. The first kappa shape index (κ1) is 18.4. The molecule has 3 rings (SSSR count). The van der Waals surface area contributed by atoms with Crippen LogP contribution >= 0.6 is 0 Å². The first-order valence-electron chi connectivity index (χ1n) is 9.71. The molecule has 0 bridgehead atoms. The fourth-order valence-electron chi connectivity index (χ4n) is 4.04. The number of hydrogen-bond acceptors (Lipinski definition) is 4. The maximum absolute atomic E-state index is 12.3. The molecule has 2 atom stereocenters. The van der Waals surface area contributed by atoms with Crippen molar-refractivity contribution in [2.24, 2.45) is 11.8 Å². The SMILES string of the molecule is CC[C@@H]1CN(C(=O)C2CC2)CC[C@@H]1NCc1c(C)nn(CCO)c1C. The molecular weight excluding hydrogens is 316 g/mol. The van der Waals surface area contributed by atoms with Gasteiger partial charge in [0.2, 0.25) is 5.91 Å². The predicted octanol–water partition coefficient (Wildman–Crippen LogP) is 1.62. The van der Waals surface area contributed by atoms with E-state index < -0.39 is 0 Å². The zero-order valence-corrected chi connectivity index (χ0v) is 15.8. The van der Waals surface area contributed by atoms with Crippen molar-refractivity contribution in [3.63, 3.8) is 0 Å². The van der Waals surface area contributed by atoms with E-state index in [1.54, 1.807) is 0 Å². The summed E-state index contributed by atoms with van der Waals surface area (Å²) in [7, 11) is 0. The highest BCUT2D eigenvalue weighted by molar-refractivity contribution is 5.81. The molecule has 2 aliphatic rings. The summed E-state index contributed by atoms with van der Waals surface area (Å²) in [5.74, 6) is 1.23. The highest BCUT2D eigenvalue weighted by atomic mass is 16.3. The van der Waals surface area contributed by atoms with Crippen LogP contribution in [0.25, 0.3) is 0 Å². The van der Waals surface area contributed by atoms with Gasteiger partial charge in [0.15, 0.2) is 0 Å². The Morgan fingerprint density at radius 2 is 2.08 bits per heavy atom. The highest BCUT2D eigenvalue weighted by Crippen LogP contribution is 2.33. The molecule has 1 aromatic rings. The molecule has 1 aromatic heterocycles. The van der Waals surface area contributed by atoms with Crippen molar-refractivity contribution in [1.82, 2.24) is 20.0 Å². The topological polar surface area (TPSA) is 70.4 Å². The fraction of sp³-hybridized carbons (Fsp3) is 0.789. The van der Waals surface area contributed by atoms with E-state index in [2.05, 4.69) is 29.2 Å². The van der Waals surface area contributed by atoms with E-state index in [1.807, 2.05) is 11.6 Å². The van der Waals surface area contributed by atoms with Gasteiger partial charge < -0.3 is 15.3 Å². The van der Waals surface area contributed by atoms with E-state index >= 15 is 0 Å². The molecule has 0 aromatic carbocycles. The summed E-state index contributed by atoms with van der Waals surface area (Å²) < 4.78 is 1.89. The maximum Gasteiger partial charge on any atom is 0.225 e. The minimum Gasteiger partial charge on any atom is -0.394 e. The molecule has 0 unspecified atom stereocenters. The molecule has 2 fully saturated rings. The van der Waals surface area contributed by atoms with E-state index in [1.165, 1.54) is 5.56 Å². The van der Waals surface area contributed by atoms with E-state index in [0.717, 1.165) is 56.7 Å². The van der Waals surface area contributed by atoms with Gasteiger partial charge in [-0.25, -0.2) is 0 Å². The molecule has 1 aliphatic carbocycles. The Kier molecular flexibility index (Phi) is 5.79. The van der Waals surface area contributed by atoms with Gasteiger partial charge in [-0.3, -0.25) is 9.48 Å². The van der Waals surface area contributed by atoms with E-state index in [-0.39, 0.29) is 6.61 Å². The number of aliphatic hydroxyl groups is 1. The van der Waals surface area contributed by atoms with Gasteiger partial charge in [0, 0.05) is 42.9 Å². The quantitative estimate of drug-likeness (QED) is 0.786. The average Bonchev–Trinajstić information content (AvgIpc) is 3.42. The summed E-state index contributed by atoms with van der Waals surface area (Å²) in [5.41, 5.74) is 3.40. The van der Waals surface area contributed by atoms with Crippen molar-refractivity contribution in [1.29, 1.82) is 0 Å². The molecule has 1 amide bonds. The Morgan fingerprint density at radius 1 is 1.32 bits per heavy atom. The van der Waals surface area contributed by atoms with Crippen LogP contribution in [0, 0.1) is 25.7 Å². The van der Waals surface area contributed by atoms with Gasteiger partial charge in [0.05, 0.1) is 18.8 Å². The number of amides is 1. The Hall–Kier alpha value is -1.40. The van der Waals surface area contributed by atoms with Crippen molar-refractivity contribution in [2.75, 3.05) is 19.7 Å². The number of carbonyl (C=O) groups is 1. The molecule has 25 heavy (non-hydrogen) atoms. The van der Waals surface area contributed by atoms with Crippen LogP contribution in [0.3, 0.4) is 0 Å². The lowest BCUT2D eigenvalue weighted by Gasteiger charge is -2.39. The lowest BCUT2D eigenvalue weighted by Crippen LogP contribution is -2.51. The zero-order valence-electron chi connectivity index (χ0n) is 15.8. The summed E-state index contributed by atoms with van der Waals surface area (Å²) in [6, 6.07) is 0.452. The first-order valence-corrected chi connectivity index (χ1v) is 9.71. The smallest absolute Gasteiger partial charge is 0.225 e. The zero-order chi connectivity index (χ0) is 18.0. The number of piperidine rings is 1. The van der Waals surface area contributed by atoms with Crippen LogP contribution in [0.2, 0.25) is 0 Å². The van der Waals surface area contributed by atoms with Crippen LogP contribution in [0.1, 0.15) is 49.6 Å². The number of rotatable bonds is 7. The van der Waals surface area contributed by atoms with E-state index in [9.17, 15) is 4.79 Å². The summed E-state index contributed by atoms with van der Waals surface area (Å²) in [6.07, 6.45) is 4.29. The standard InChI is InChI=1S/C19H32N4O2/c1-4-15-12-22(19(25)16-5-6-16)8-7-18(15)20-11-17-13(2)21-23(9-10-24)14(17)3/h15-16,18,20,24H,4-12H2,1-3H3/t15-,18+/m1/s1. The summed E-state index contributed by atoms with van der Waals surface area (Å²) in [6.45, 7) is 9.57. The van der Waals surface area contributed by atoms with Gasteiger partial charge in [0.1, 0.15) is 0 Å². The minimum absolute atomic E-state index is 0.111. The van der Waals surface area contributed by atoms with Crippen molar-refractivity contribution >= 4 is 5.91 Å². The predicted molar refractivity (Wildman–Crippen MR) is 97.1 cm³/mol. The second-order valence-electron chi connectivity index (χ2n) is 7.60. The molecule has 0 spiro atoms. The monoisotopic (exact) mass is 348 g/mol. The Morgan fingerprint density at radius 3 is 2.72 bits per heavy atom. The number of nitrogens with zero attached hydrogens (tertiary/aromatic N) is 3. The highest BCUT2D eigenvalue weighted by Gasteiger charge is 2.37. The molecule has 6 heteroatoms. The minimum atomic E-state index is 0.111. The van der Waals surface area contributed by atoms with E-state index in [0.29, 0.717) is 30.3 Å². The van der Waals surface area contributed by atoms with Crippen LogP contribution in [0.4, 0.5) is 0 Å². The van der Waals surface area contributed by atoms with Gasteiger partial charge in [-0.15, -0.1) is 0 Å². The van der Waals surface area contributed by atoms with Crippen molar-refractivity contribution in [2.45, 2.75) is 65.6 Å². The number of likely N-dealkylation sites (tertiary alicyclic amines) is 1. The Labute approximate surface area is 150 Å². The van der Waals surface area contributed by atoms with Crippen LogP contribution < -0.4 is 5.32 Å². The number of hydrogen-bond donors (Lipinski definition) is 2. The number of carbonyl (C=O) groups excluding carboxylic acids is 1. The number of aryl methyl sites for hydroxylation is 1. The lowest BCUT2D eigenvalue weighted by molar-refractivity contribution is -0.134. The summed E-state index contributed by atoms with van der Waals surface area (Å²) >= 11 is 0. The van der Waals surface area contributed by atoms with Crippen molar-refractivity contribution in [3.05, 3.63) is 17.0 Å². The average molecular weight is 348 g/mol. The van der Waals surface area contributed by atoms with Gasteiger partial charge in [0.25, 0.3) is 0 Å². The third-order valence-corrected chi connectivity index (χ3v) is 5.88. The summed E-state index contributed by atoms with van der Waals surface area (Å²) in [5, 5.41) is 17.4. The molecule has 1 saturated heterocycles. The second-order valence-corrected chi connectivity index (χ2v) is 7.60. The molecule has 0 radical (unpaired) electrons. The number of nitrogens with one attached hydrogen (secondary N) is 1. The van der Waals surface area contributed by atoms with Gasteiger partial charge in [-0.05, 0) is 39.0 Å². The fourth-order valence-corrected chi connectivity index (χ4v) is 4.04. The lowest BCUT2D eigenvalue weighted by atomic mass is 9.89. The molecule has 1 aliphatic heterocycles.